The fourth-order valence-electron chi connectivity index (χ4n) is 4.44. The molecule has 0 saturated heterocycles. The third-order valence-electron chi connectivity index (χ3n) is 5.42. The zero-order valence-electron chi connectivity index (χ0n) is 12.0. The first-order chi connectivity index (χ1) is 9.83. The normalized spacial score (nSPS) is 27.9. The summed E-state index contributed by atoms with van der Waals surface area (Å²) in [6.07, 6.45) is 7.71. The molecule has 1 heterocycles. The quantitative estimate of drug-likeness (QED) is 0.746. The molecule has 1 heteroatoms. The smallest absolute Gasteiger partial charge is 0.0472 e. The number of aromatic nitrogens is 1. The molecule has 1 aromatic carbocycles. The fourth-order valence-corrected chi connectivity index (χ4v) is 4.44. The predicted molar refractivity (Wildman–Crippen MR) is 82.6 cm³/mol. The van der Waals surface area contributed by atoms with Crippen molar-refractivity contribution in [2.24, 2.45) is 11.8 Å². The van der Waals surface area contributed by atoms with Gasteiger partial charge in [-0.2, -0.15) is 0 Å². The van der Waals surface area contributed by atoms with Gasteiger partial charge in [0, 0.05) is 17.8 Å². The van der Waals surface area contributed by atoms with Gasteiger partial charge in [0.05, 0.1) is 0 Å². The molecule has 0 aliphatic heterocycles. The van der Waals surface area contributed by atoms with Gasteiger partial charge in [0.25, 0.3) is 0 Å². The molecule has 0 N–H and O–H groups in total. The van der Waals surface area contributed by atoms with Gasteiger partial charge < -0.3 is 0 Å². The average molecular weight is 263 g/mol. The summed E-state index contributed by atoms with van der Waals surface area (Å²) in [5, 5.41) is 0. The Bertz CT molecular complexity index is 617. The minimum absolute atomic E-state index is 0.720. The molecule has 0 amide bonds. The minimum atomic E-state index is 0.720. The number of benzene rings is 1. The van der Waals surface area contributed by atoms with Crippen LogP contribution in [0.3, 0.4) is 0 Å². The summed E-state index contributed by atoms with van der Waals surface area (Å²) in [5.41, 5.74) is 5.45. The maximum Gasteiger partial charge on any atom is 0.0472 e. The second-order valence-electron chi connectivity index (χ2n) is 6.52. The van der Waals surface area contributed by atoms with Gasteiger partial charge >= 0.3 is 0 Å². The van der Waals surface area contributed by atoms with Gasteiger partial charge in [0.15, 0.2) is 0 Å². The summed E-state index contributed by atoms with van der Waals surface area (Å²) in [6, 6.07) is 12.9. The highest BCUT2D eigenvalue weighted by Crippen LogP contribution is 2.53. The van der Waals surface area contributed by atoms with E-state index in [-0.39, 0.29) is 0 Å². The first kappa shape index (κ1) is 12.1. The van der Waals surface area contributed by atoms with Crippen LogP contribution in [0.15, 0.2) is 42.6 Å². The molecule has 0 spiro atoms. The van der Waals surface area contributed by atoms with Gasteiger partial charge in [-0.05, 0) is 60.8 Å². The number of rotatable bonds is 2. The molecule has 2 aromatic rings. The highest BCUT2D eigenvalue weighted by molar-refractivity contribution is 5.67. The third kappa shape index (κ3) is 1.88. The number of fused-ring (bicyclic) bond motifs is 2. The van der Waals surface area contributed by atoms with Gasteiger partial charge in [0.2, 0.25) is 0 Å². The van der Waals surface area contributed by atoms with Gasteiger partial charge in [0.1, 0.15) is 0 Å². The lowest BCUT2D eigenvalue weighted by Crippen LogP contribution is -2.12. The molecule has 20 heavy (non-hydrogen) atoms. The van der Waals surface area contributed by atoms with Crippen molar-refractivity contribution in [2.75, 3.05) is 0 Å². The van der Waals surface area contributed by atoms with E-state index in [9.17, 15) is 0 Å². The Morgan fingerprint density at radius 2 is 1.85 bits per heavy atom. The summed E-state index contributed by atoms with van der Waals surface area (Å²) in [5.74, 6) is 2.60. The van der Waals surface area contributed by atoms with Crippen LogP contribution in [0.1, 0.15) is 42.9 Å². The van der Waals surface area contributed by atoms with E-state index >= 15 is 0 Å². The van der Waals surface area contributed by atoms with Crippen molar-refractivity contribution in [1.82, 2.24) is 4.98 Å². The molecule has 1 nitrogen and oxygen atoms in total. The minimum Gasteiger partial charge on any atom is -0.261 e. The molecular formula is C19H21N. The molecule has 102 valence electrons. The molecule has 2 fully saturated rings. The van der Waals surface area contributed by atoms with Gasteiger partial charge in [-0.1, -0.05) is 36.8 Å². The van der Waals surface area contributed by atoms with Gasteiger partial charge in [-0.25, -0.2) is 0 Å². The molecule has 3 unspecified atom stereocenters. The SMILES string of the molecule is Cc1c(-c2ccccc2)ccnc1C1CC2CCC1C2. The molecule has 2 bridgehead atoms. The van der Waals surface area contributed by atoms with Crippen LogP contribution in [0.2, 0.25) is 0 Å². The summed E-state index contributed by atoms with van der Waals surface area (Å²) in [7, 11) is 0. The Morgan fingerprint density at radius 3 is 2.55 bits per heavy atom. The van der Waals surface area contributed by atoms with Crippen molar-refractivity contribution in [1.29, 1.82) is 0 Å². The Hall–Kier alpha value is -1.63. The molecule has 2 aliphatic carbocycles. The van der Waals surface area contributed by atoms with Crippen molar-refractivity contribution in [3.8, 4) is 11.1 Å². The van der Waals surface area contributed by atoms with Gasteiger partial charge in [-0.15, -0.1) is 0 Å². The fraction of sp³-hybridized carbons (Fsp3) is 0.421. The van der Waals surface area contributed by atoms with E-state index in [0.29, 0.717) is 0 Å². The number of nitrogens with zero attached hydrogens (tertiary/aromatic N) is 1. The highest BCUT2D eigenvalue weighted by atomic mass is 14.7. The standard InChI is InChI=1S/C19H21N/c1-13-17(15-5-3-2-4-6-15)9-10-20-19(13)18-12-14-7-8-16(18)11-14/h2-6,9-10,14,16,18H,7-8,11-12H2,1H3. The zero-order valence-corrected chi connectivity index (χ0v) is 12.0. The maximum atomic E-state index is 4.77. The summed E-state index contributed by atoms with van der Waals surface area (Å²) >= 11 is 0. The number of hydrogen-bond acceptors (Lipinski definition) is 1. The summed E-state index contributed by atoms with van der Waals surface area (Å²) in [4.78, 5) is 4.77. The average Bonchev–Trinajstić information content (AvgIpc) is 3.11. The third-order valence-corrected chi connectivity index (χ3v) is 5.42. The lowest BCUT2D eigenvalue weighted by atomic mass is 9.83. The second-order valence-corrected chi connectivity index (χ2v) is 6.52. The molecule has 1 aromatic heterocycles. The number of hydrogen-bond donors (Lipinski definition) is 0. The van der Waals surface area contributed by atoms with E-state index < -0.39 is 0 Å². The van der Waals surface area contributed by atoms with Crippen LogP contribution >= 0.6 is 0 Å². The summed E-state index contributed by atoms with van der Waals surface area (Å²) < 4.78 is 0. The maximum absolute atomic E-state index is 4.77. The predicted octanol–water partition coefficient (Wildman–Crippen LogP) is 4.96. The highest BCUT2D eigenvalue weighted by Gasteiger charge is 2.41. The monoisotopic (exact) mass is 263 g/mol. The first-order valence-electron chi connectivity index (χ1n) is 7.84. The van der Waals surface area contributed by atoms with Crippen LogP contribution in [-0.4, -0.2) is 4.98 Å². The Balaban J connectivity index is 1.75. The van der Waals surface area contributed by atoms with E-state index in [1.165, 1.54) is 48.1 Å². The molecule has 2 aliphatic rings. The Labute approximate surface area is 121 Å². The van der Waals surface area contributed by atoms with Crippen LogP contribution < -0.4 is 0 Å². The number of pyridine rings is 1. The lowest BCUT2D eigenvalue weighted by molar-refractivity contribution is 0.412. The van der Waals surface area contributed by atoms with Crippen LogP contribution in [-0.2, 0) is 0 Å². The molecule has 0 radical (unpaired) electrons. The molecular weight excluding hydrogens is 242 g/mol. The van der Waals surface area contributed by atoms with E-state index in [0.717, 1.165) is 17.8 Å². The molecule has 4 rings (SSSR count). The van der Waals surface area contributed by atoms with Crippen LogP contribution in [0, 0.1) is 18.8 Å². The van der Waals surface area contributed by atoms with E-state index in [4.69, 9.17) is 4.98 Å². The van der Waals surface area contributed by atoms with Crippen LogP contribution in [0.5, 0.6) is 0 Å². The van der Waals surface area contributed by atoms with Crippen molar-refractivity contribution in [3.05, 3.63) is 53.9 Å². The van der Waals surface area contributed by atoms with Crippen molar-refractivity contribution < 1.29 is 0 Å². The topological polar surface area (TPSA) is 12.9 Å². The lowest BCUT2D eigenvalue weighted by Gasteiger charge is -2.23. The van der Waals surface area contributed by atoms with Crippen molar-refractivity contribution in [3.63, 3.8) is 0 Å². The van der Waals surface area contributed by atoms with E-state index in [1.807, 2.05) is 6.20 Å². The molecule has 2 saturated carbocycles. The van der Waals surface area contributed by atoms with Crippen molar-refractivity contribution in [2.45, 2.75) is 38.5 Å². The van der Waals surface area contributed by atoms with Crippen LogP contribution in [0.4, 0.5) is 0 Å². The molecule has 3 atom stereocenters. The second kappa shape index (κ2) is 4.73. The van der Waals surface area contributed by atoms with Gasteiger partial charge in [-0.3, -0.25) is 4.98 Å². The Kier molecular flexibility index (Phi) is 2.87. The first-order valence-corrected chi connectivity index (χ1v) is 7.84. The zero-order chi connectivity index (χ0) is 13.5. The Morgan fingerprint density at radius 1 is 1.00 bits per heavy atom. The van der Waals surface area contributed by atoms with E-state index in [1.54, 1.807) is 0 Å². The summed E-state index contributed by atoms with van der Waals surface area (Å²) in [6.45, 7) is 2.26. The van der Waals surface area contributed by atoms with Crippen LogP contribution in [0.25, 0.3) is 11.1 Å². The largest absolute Gasteiger partial charge is 0.261 e. The van der Waals surface area contributed by atoms with Crippen molar-refractivity contribution >= 4 is 0 Å². The van der Waals surface area contributed by atoms with E-state index in [2.05, 4.69) is 43.3 Å².